The maximum absolute atomic E-state index is 11.8. The summed E-state index contributed by atoms with van der Waals surface area (Å²) in [5.41, 5.74) is 3.65. The number of nitrogens with zero attached hydrogens (tertiary/aromatic N) is 2. The second-order valence-corrected chi connectivity index (χ2v) is 8.50. The van der Waals surface area contributed by atoms with Gasteiger partial charge in [-0.05, 0) is 30.7 Å². The van der Waals surface area contributed by atoms with Crippen LogP contribution in [0.4, 0.5) is 0 Å². The highest BCUT2D eigenvalue weighted by Crippen LogP contribution is 2.38. The molecule has 5 nitrogen and oxygen atoms in total. The van der Waals surface area contributed by atoms with Gasteiger partial charge in [-0.15, -0.1) is 0 Å². The molecule has 29 heavy (non-hydrogen) atoms. The van der Waals surface area contributed by atoms with Crippen molar-refractivity contribution in [3.8, 4) is 5.75 Å². The second kappa shape index (κ2) is 7.81. The number of aromatic hydroxyl groups is 1. The number of hydrogen-bond donors (Lipinski definition) is 2. The number of likely N-dealkylation sites (tertiary alicyclic amines) is 1. The number of carbonyl (C=O) groups is 1. The Kier molecular flexibility index (Phi) is 5.36. The Bertz CT molecular complexity index is 947. The molecular formula is C23H26ClN3O2. The van der Waals surface area contributed by atoms with E-state index < -0.39 is 5.66 Å². The summed E-state index contributed by atoms with van der Waals surface area (Å²) in [5, 5.41) is 14.8. The van der Waals surface area contributed by atoms with E-state index in [4.69, 9.17) is 16.6 Å². The number of hydrogen-bond acceptors (Lipinski definition) is 4. The topological polar surface area (TPSA) is 64.9 Å². The highest BCUT2D eigenvalue weighted by atomic mass is 35.5. The average molecular weight is 412 g/mol. The maximum Gasteiger partial charge on any atom is 0.219 e. The summed E-state index contributed by atoms with van der Waals surface area (Å²) in [6.45, 7) is 5.02. The van der Waals surface area contributed by atoms with Gasteiger partial charge in [0.25, 0.3) is 0 Å². The number of phenols is 1. The summed E-state index contributed by atoms with van der Waals surface area (Å²) in [4.78, 5) is 18.8. The van der Waals surface area contributed by atoms with Crippen LogP contribution in [0.1, 0.15) is 48.9 Å². The van der Waals surface area contributed by atoms with Crippen LogP contribution >= 0.6 is 11.6 Å². The Morgan fingerprint density at radius 2 is 1.90 bits per heavy atom. The number of phenolic OH excluding ortho intramolecular Hbond substituents is 1. The zero-order valence-corrected chi connectivity index (χ0v) is 17.5. The van der Waals surface area contributed by atoms with Crippen LogP contribution in [0, 0.1) is 6.92 Å². The van der Waals surface area contributed by atoms with E-state index in [0.717, 1.165) is 29.7 Å². The van der Waals surface area contributed by atoms with Crippen molar-refractivity contribution in [2.75, 3.05) is 13.1 Å². The number of piperidine rings is 1. The highest BCUT2D eigenvalue weighted by molar-refractivity contribution is 6.30. The molecule has 4 rings (SSSR count). The van der Waals surface area contributed by atoms with E-state index in [1.54, 1.807) is 19.1 Å². The Balaban J connectivity index is 1.71. The van der Waals surface area contributed by atoms with Gasteiger partial charge in [0.1, 0.15) is 11.4 Å². The SMILES string of the molecule is CC(=O)N1CCC2(CC1)N=C(c1ccc(C)cc1)C[C@@H](c1cc(Cl)ccc1O)N2. The molecule has 1 saturated heterocycles. The number of amides is 1. The number of aryl methyl sites for hydroxylation is 1. The number of rotatable bonds is 2. The van der Waals surface area contributed by atoms with Gasteiger partial charge in [-0.2, -0.15) is 0 Å². The maximum atomic E-state index is 11.8. The predicted molar refractivity (Wildman–Crippen MR) is 116 cm³/mol. The first-order valence-corrected chi connectivity index (χ1v) is 10.4. The largest absolute Gasteiger partial charge is 0.508 e. The molecule has 1 atom stereocenters. The molecule has 2 aromatic carbocycles. The number of carbonyl (C=O) groups excluding carboxylic acids is 1. The first kappa shape index (κ1) is 19.9. The smallest absolute Gasteiger partial charge is 0.219 e. The minimum Gasteiger partial charge on any atom is -0.508 e. The van der Waals surface area contributed by atoms with Crippen molar-refractivity contribution in [1.29, 1.82) is 0 Å². The monoisotopic (exact) mass is 411 g/mol. The fourth-order valence-corrected chi connectivity index (χ4v) is 4.45. The molecular weight excluding hydrogens is 386 g/mol. The molecule has 2 N–H and O–H groups in total. The van der Waals surface area contributed by atoms with Crippen molar-refractivity contribution in [3.05, 3.63) is 64.2 Å². The zero-order valence-electron chi connectivity index (χ0n) is 16.8. The lowest BCUT2D eigenvalue weighted by molar-refractivity contribution is -0.130. The van der Waals surface area contributed by atoms with Gasteiger partial charge < -0.3 is 10.0 Å². The minimum absolute atomic E-state index is 0.0995. The van der Waals surface area contributed by atoms with Crippen molar-refractivity contribution in [3.63, 3.8) is 0 Å². The molecule has 2 heterocycles. The molecule has 6 heteroatoms. The van der Waals surface area contributed by atoms with E-state index in [1.807, 2.05) is 11.0 Å². The van der Waals surface area contributed by atoms with Gasteiger partial charge in [-0.25, -0.2) is 0 Å². The lowest BCUT2D eigenvalue weighted by Gasteiger charge is -2.45. The molecule has 1 amide bonds. The Morgan fingerprint density at radius 3 is 2.55 bits per heavy atom. The van der Waals surface area contributed by atoms with E-state index in [-0.39, 0.29) is 17.7 Å². The number of aliphatic imine (C=N–C) groups is 1. The molecule has 0 aliphatic carbocycles. The number of benzene rings is 2. The van der Waals surface area contributed by atoms with Gasteiger partial charge in [0, 0.05) is 61.6 Å². The molecule has 0 saturated carbocycles. The van der Waals surface area contributed by atoms with Crippen molar-refractivity contribution < 1.29 is 9.90 Å². The van der Waals surface area contributed by atoms with Gasteiger partial charge in [0.05, 0.1) is 0 Å². The summed E-state index contributed by atoms with van der Waals surface area (Å²) in [6, 6.07) is 13.4. The molecule has 2 aliphatic rings. The van der Waals surface area contributed by atoms with Crippen molar-refractivity contribution in [1.82, 2.24) is 10.2 Å². The lowest BCUT2D eigenvalue weighted by Crippen LogP contribution is -2.56. The summed E-state index contributed by atoms with van der Waals surface area (Å²) >= 11 is 6.22. The Morgan fingerprint density at radius 1 is 1.21 bits per heavy atom. The van der Waals surface area contributed by atoms with E-state index in [0.29, 0.717) is 24.5 Å². The second-order valence-electron chi connectivity index (χ2n) is 8.07. The van der Waals surface area contributed by atoms with Crippen LogP contribution in [0.5, 0.6) is 5.75 Å². The van der Waals surface area contributed by atoms with Crippen molar-refractivity contribution in [2.24, 2.45) is 4.99 Å². The molecule has 1 fully saturated rings. The third kappa shape index (κ3) is 4.16. The summed E-state index contributed by atoms with van der Waals surface area (Å²) in [6.07, 6.45) is 2.13. The first-order chi connectivity index (χ1) is 13.8. The Hall–Kier alpha value is -2.37. The van der Waals surface area contributed by atoms with E-state index in [1.165, 1.54) is 5.56 Å². The van der Waals surface area contributed by atoms with Gasteiger partial charge in [0.2, 0.25) is 5.91 Å². The average Bonchev–Trinajstić information content (AvgIpc) is 2.70. The lowest BCUT2D eigenvalue weighted by atomic mass is 9.87. The van der Waals surface area contributed by atoms with E-state index >= 15 is 0 Å². The number of halogens is 1. The van der Waals surface area contributed by atoms with Crippen LogP contribution in [0.2, 0.25) is 5.02 Å². The normalized spacial score (nSPS) is 21.1. The van der Waals surface area contributed by atoms with Gasteiger partial charge >= 0.3 is 0 Å². The molecule has 0 radical (unpaired) electrons. The van der Waals surface area contributed by atoms with Crippen LogP contribution in [-0.4, -0.2) is 40.4 Å². The van der Waals surface area contributed by atoms with Gasteiger partial charge in [0.15, 0.2) is 0 Å². The summed E-state index contributed by atoms with van der Waals surface area (Å²) < 4.78 is 0. The predicted octanol–water partition coefficient (Wildman–Crippen LogP) is 4.22. The van der Waals surface area contributed by atoms with Crippen LogP contribution in [0.3, 0.4) is 0 Å². The van der Waals surface area contributed by atoms with Crippen LogP contribution in [-0.2, 0) is 4.79 Å². The third-order valence-electron chi connectivity index (χ3n) is 5.98. The van der Waals surface area contributed by atoms with Crippen molar-refractivity contribution >= 4 is 23.2 Å². The van der Waals surface area contributed by atoms with Gasteiger partial charge in [-0.3, -0.25) is 15.1 Å². The third-order valence-corrected chi connectivity index (χ3v) is 6.21. The van der Waals surface area contributed by atoms with Crippen LogP contribution < -0.4 is 5.32 Å². The zero-order chi connectivity index (χ0) is 20.6. The fraction of sp³-hybridized carbons (Fsp3) is 0.391. The summed E-state index contributed by atoms with van der Waals surface area (Å²) in [5.74, 6) is 0.329. The van der Waals surface area contributed by atoms with Gasteiger partial charge in [-0.1, -0.05) is 41.4 Å². The molecule has 152 valence electrons. The van der Waals surface area contributed by atoms with Crippen molar-refractivity contribution in [2.45, 2.75) is 44.8 Å². The van der Waals surface area contributed by atoms with Crippen LogP contribution in [0.25, 0.3) is 0 Å². The summed E-state index contributed by atoms with van der Waals surface area (Å²) in [7, 11) is 0. The quantitative estimate of drug-likeness (QED) is 0.777. The fourth-order valence-electron chi connectivity index (χ4n) is 4.27. The molecule has 0 unspecified atom stereocenters. The molecule has 2 aliphatic heterocycles. The number of nitrogens with one attached hydrogen (secondary N) is 1. The molecule has 1 spiro atoms. The molecule has 0 bridgehead atoms. The van der Waals surface area contributed by atoms with E-state index in [9.17, 15) is 9.90 Å². The minimum atomic E-state index is -0.455. The van der Waals surface area contributed by atoms with Crippen LogP contribution in [0.15, 0.2) is 47.5 Å². The molecule has 2 aromatic rings. The first-order valence-electron chi connectivity index (χ1n) is 10.0. The van der Waals surface area contributed by atoms with E-state index in [2.05, 4.69) is 36.5 Å². The molecule has 0 aromatic heterocycles. The highest BCUT2D eigenvalue weighted by Gasteiger charge is 2.41. The standard InChI is InChI=1S/C23H26ClN3O2/c1-15-3-5-17(6-4-15)20-14-21(19-13-18(24)7-8-22(19)29)26-23(25-20)9-11-27(12-10-23)16(2)28/h3-8,13,21,26,29H,9-12,14H2,1-2H3/t21-/m0/s1. The Labute approximate surface area is 176 Å².